The van der Waals surface area contributed by atoms with E-state index < -0.39 is 5.25 Å². The fraction of sp³-hybridized carbons (Fsp3) is 0.125. The van der Waals surface area contributed by atoms with Crippen LogP contribution in [0.5, 0.6) is 0 Å². The molecule has 1 atom stereocenters. The van der Waals surface area contributed by atoms with Crippen molar-refractivity contribution in [3.05, 3.63) is 46.4 Å². The SMILES string of the molecule is Nc1c(Cl)cc(NC(=O)CC2Sc3ccccc3NC2=O)cc1Cl. The number of carbonyl (C=O) groups is 2. The van der Waals surface area contributed by atoms with Gasteiger partial charge in [-0.15, -0.1) is 11.8 Å². The molecule has 5 nitrogen and oxygen atoms in total. The summed E-state index contributed by atoms with van der Waals surface area (Å²) in [7, 11) is 0. The van der Waals surface area contributed by atoms with Crippen molar-refractivity contribution in [3.63, 3.8) is 0 Å². The third-order valence-electron chi connectivity index (χ3n) is 3.44. The van der Waals surface area contributed by atoms with Gasteiger partial charge in [-0.05, 0) is 24.3 Å². The van der Waals surface area contributed by atoms with Gasteiger partial charge in [-0.25, -0.2) is 0 Å². The standard InChI is InChI=1S/C16H13Cl2N3O2S/c17-9-5-8(6-10(18)15(9)19)20-14(22)7-13-16(23)21-11-3-1-2-4-12(11)24-13/h1-6,13H,7,19H2,(H,20,22)(H,21,23). The first-order valence-electron chi connectivity index (χ1n) is 7.05. The lowest BCUT2D eigenvalue weighted by atomic mass is 10.2. The quantitative estimate of drug-likeness (QED) is 0.701. The van der Waals surface area contributed by atoms with Crippen LogP contribution in [0, 0.1) is 0 Å². The van der Waals surface area contributed by atoms with Crippen LogP contribution in [0.3, 0.4) is 0 Å². The second kappa shape index (κ2) is 6.93. The van der Waals surface area contributed by atoms with Crippen molar-refractivity contribution in [3.8, 4) is 0 Å². The van der Waals surface area contributed by atoms with Gasteiger partial charge in [0.2, 0.25) is 11.8 Å². The van der Waals surface area contributed by atoms with Crippen LogP contribution in [0.15, 0.2) is 41.3 Å². The van der Waals surface area contributed by atoms with Crippen molar-refractivity contribution in [1.82, 2.24) is 0 Å². The molecule has 1 heterocycles. The van der Waals surface area contributed by atoms with E-state index in [9.17, 15) is 9.59 Å². The van der Waals surface area contributed by atoms with Gasteiger partial charge in [0.05, 0.1) is 26.7 Å². The van der Waals surface area contributed by atoms with E-state index in [4.69, 9.17) is 28.9 Å². The zero-order chi connectivity index (χ0) is 17.3. The van der Waals surface area contributed by atoms with Crippen LogP contribution >= 0.6 is 35.0 Å². The summed E-state index contributed by atoms with van der Waals surface area (Å²) in [5.74, 6) is -0.499. The fourth-order valence-electron chi connectivity index (χ4n) is 2.26. The number of carbonyl (C=O) groups excluding carboxylic acids is 2. The largest absolute Gasteiger partial charge is 0.396 e. The molecule has 1 aliphatic rings. The molecule has 0 fully saturated rings. The van der Waals surface area contributed by atoms with Gasteiger partial charge in [-0.3, -0.25) is 9.59 Å². The summed E-state index contributed by atoms with van der Waals surface area (Å²) in [4.78, 5) is 25.3. The first-order chi connectivity index (χ1) is 11.4. The average Bonchev–Trinajstić information content (AvgIpc) is 2.53. The second-order valence-corrected chi connectivity index (χ2v) is 7.26. The minimum absolute atomic E-state index is 0.0322. The normalized spacial score (nSPS) is 16.2. The summed E-state index contributed by atoms with van der Waals surface area (Å²) in [6.07, 6.45) is 0.0322. The Morgan fingerprint density at radius 1 is 1.25 bits per heavy atom. The van der Waals surface area contributed by atoms with E-state index in [0.29, 0.717) is 5.69 Å². The van der Waals surface area contributed by atoms with E-state index in [1.165, 1.54) is 23.9 Å². The minimum Gasteiger partial charge on any atom is -0.396 e. The molecular formula is C16H13Cl2N3O2S. The molecule has 0 saturated carbocycles. The lowest BCUT2D eigenvalue weighted by Gasteiger charge is -2.23. The highest BCUT2D eigenvalue weighted by Gasteiger charge is 2.28. The summed E-state index contributed by atoms with van der Waals surface area (Å²) in [5.41, 5.74) is 7.12. The molecule has 0 radical (unpaired) electrons. The zero-order valence-corrected chi connectivity index (χ0v) is 14.6. The van der Waals surface area contributed by atoms with Crippen molar-refractivity contribution in [2.45, 2.75) is 16.6 Å². The highest BCUT2D eigenvalue weighted by Crippen LogP contribution is 2.37. The summed E-state index contributed by atoms with van der Waals surface area (Å²) < 4.78 is 0. The van der Waals surface area contributed by atoms with E-state index in [1.807, 2.05) is 24.3 Å². The van der Waals surface area contributed by atoms with Crippen LogP contribution in [0.2, 0.25) is 10.0 Å². The van der Waals surface area contributed by atoms with Crippen molar-refractivity contribution in [1.29, 1.82) is 0 Å². The molecule has 2 amide bonds. The molecule has 1 unspecified atom stereocenters. The number of rotatable bonds is 3. The van der Waals surface area contributed by atoms with Crippen molar-refractivity contribution >= 4 is 63.8 Å². The summed E-state index contributed by atoms with van der Waals surface area (Å²) in [6.45, 7) is 0. The molecule has 124 valence electrons. The van der Waals surface area contributed by atoms with Gasteiger partial charge in [-0.2, -0.15) is 0 Å². The predicted octanol–water partition coefficient (Wildman–Crippen LogP) is 4.02. The van der Waals surface area contributed by atoms with Crippen molar-refractivity contribution in [2.24, 2.45) is 0 Å². The molecule has 24 heavy (non-hydrogen) atoms. The Labute approximate surface area is 152 Å². The second-order valence-electron chi connectivity index (χ2n) is 5.20. The van der Waals surface area contributed by atoms with Crippen LogP contribution in [-0.2, 0) is 9.59 Å². The maximum atomic E-state index is 12.2. The van der Waals surface area contributed by atoms with Crippen LogP contribution in [0.4, 0.5) is 17.1 Å². The number of anilines is 3. The van der Waals surface area contributed by atoms with Crippen LogP contribution in [0.1, 0.15) is 6.42 Å². The lowest BCUT2D eigenvalue weighted by molar-refractivity contribution is -0.120. The zero-order valence-electron chi connectivity index (χ0n) is 12.3. The highest BCUT2D eigenvalue weighted by atomic mass is 35.5. The first kappa shape index (κ1) is 17.0. The molecule has 2 aromatic carbocycles. The Balaban J connectivity index is 1.68. The van der Waals surface area contributed by atoms with Crippen molar-refractivity contribution in [2.75, 3.05) is 16.4 Å². The lowest BCUT2D eigenvalue weighted by Crippen LogP contribution is -2.32. The van der Waals surface area contributed by atoms with E-state index in [2.05, 4.69) is 10.6 Å². The van der Waals surface area contributed by atoms with E-state index in [-0.39, 0.29) is 34.0 Å². The van der Waals surface area contributed by atoms with Crippen molar-refractivity contribution < 1.29 is 9.59 Å². The number of thioether (sulfide) groups is 1. The number of halogens is 2. The molecule has 8 heteroatoms. The minimum atomic E-state index is -0.500. The number of amides is 2. The number of benzene rings is 2. The van der Waals surface area contributed by atoms with E-state index >= 15 is 0 Å². The average molecular weight is 382 g/mol. The maximum absolute atomic E-state index is 12.2. The number of nitrogens with two attached hydrogens (primary N) is 1. The van der Waals surface area contributed by atoms with Gasteiger partial charge >= 0.3 is 0 Å². The maximum Gasteiger partial charge on any atom is 0.238 e. The number of hydrogen-bond acceptors (Lipinski definition) is 4. The number of nitrogens with one attached hydrogen (secondary N) is 2. The van der Waals surface area contributed by atoms with Crippen LogP contribution in [0.25, 0.3) is 0 Å². The third kappa shape index (κ3) is 3.61. The number of para-hydroxylation sites is 1. The summed E-state index contributed by atoms with van der Waals surface area (Å²) in [6, 6.07) is 10.5. The number of nitrogen functional groups attached to an aromatic ring is 1. The fourth-order valence-corrected chi connectivity index (χ4v) is 3.86. The van der Waals surface area contributed by atoms with Gasteiger partial charge in [0.25, 0.3) is 0 Å². The molecule has 0 bridgehead atoms. The Hall–Kier alpha value is -1.89. The van der Waals surface area contributed by atoms with E-state index in [0.717, 1.165) is 10.6 Å². The molecular weight excluding hydrogens is 369 g/mol. The van der Waals surface area contributed by atoms with Crippen LogP contribution in [-0.4, -0.2) is 17.1 Å². The Morgan fingerprint density at radius 3 is 2.62 bits per heavy atom. The van der Waals surface area contributed by atoms with Gasteiger partial charge in [-0.1, -0.05) is 35.3 Å². The van der Waals surface area contributed by atoms with Gasteiger partial charge in [0, 0.05) is 17.0 Å². The Bertz CT molecular complexity index is 806. The third-order valence-corrected chi connectivity index (χ3v) is 5.34. The first-order valence-corrected chi connectivity index (χ1v) is 8.68. The molecule has 3 rings (SSSR count). The van der Waals surface area contributed by atoms with Gasteiger partial charge < -0.3 is 16.4 Å². The number of hydrogen-bond donors (Lipinski definition) is 3. The molecule has 0 spiro atoms. The Morgan fingerprint density at radius 2 is 1.92 bits per heavy atom. The number of fused-ring (bicyclic) bond motifs is 1. The van der Waals surface area contributed by atoms with Crippen LogP contribution < -0.4 is 16.4 Å². The molecule has 0 aromatic heterocycles. The molecule has 1 aliphatic heterocycles. The van der Waals surface area contributed by atoms with E-state index in [1.54, 1.807) is 0 Å². The molecule has 0 aliphatic carbocycles. The highest BCUT2D eigenvalue weighted by molar-refractivity contribution is 8.01. The topological polar surface area (TPSA) is 84.2 Å². The molecule has 2 aromatic rings. The summed E-state index contributed by atoms with van der Waals surface area (Å²) >= 11 is 13.3. The monoisotopic (exact) mass is 381 g/mol. The van der Waals surface area contributed by atoms with Gasteiger partial charge in [0.1, 0.15) is 0 Å². The predicted molar refractivity (Wildman–Crippen MR) is 98.8 cm³/mol. The smallest absolute Gasteiger partial charge is 0.238 e. The summed E-state index contributed by atoms with van der Waals surface area (Å²) in [5, 5.41) is 5.51. The molecule has 0 saturated heterocycles. The van der Waals surface area contributed by atoms with Gasteiger partial charge in [0.15, 0.2) is 0 Å². The molecule has 4 N–H and O–H groups in total. The Kier molecular flexibility index (Phi) is 4.89.